The number of hydrogen-bond donors (Lipinski definition) is 0. The van der Waals surface area contributed by atoms with Gasteiger partial charge in [0.25, 0.3) is 0 Å². The second-order valence-corrected chi connectivity index (χ2v) is 3.73. The summed E-state index contributed by atoms with van der Waals surface area (Å²) in [7, 11) is 1.58. The van der Waals surface area contributed by atoms with Gasteiger partial charge in [-0.05, 0) is 24.6 Å². The summed E-state index contributed by atoms with van der Waals surface area (Å²) in [4.78, 5) is 15.4. The van der Waals surface area contributed by atoms with Crippen molar-refractivity contribution in [1.29, 1.82) is 0 Å². The first-order valence-electron chi connectivity index (χ1n) is 5.32. The molecule has 0 aliphatic rings. The highest BCUT2D eigenvalue weighted by molar-refractivity contribution is 5.95. The molecule has 17 heavy (non-hydrogen) atoms. The van der Waals surface area contributed by atoms with Gasteiger partial charge in [-0.1, -0.05) is 18.2 Å². The van der Waals surface area contributed by atoms with E-state index >= 15 is 0 Å². The van der Waals surface area contributed by atoms with Crippen LogP contribution >= 0.6 is 0 Å². The van der Waals surface area contributed by atoms with Gasteiger partial charge < -0.3 is 4.74 Å². The van der Waals surface area contributed by atoms with Crippen LogP contribution in [0.2, 0.25) is 0 Å². The largest absolute Gasteiger partial charge is 0.481 e. The van der Waals surface area contributed by atoms with Gasteiger partial charge in [0.05, 0.1) is 7.11 Å². The van der Waals surface area contributed by atoms with E-state index in [0.717, 1.165) is 11.1 Å². The van der Waals surface area contributed by atoms with Crippen LogP contribution in [0.5, 0.6) is 5.88 Å². The third kappa shape index (κ3) is 2.50. The smallest absolute Gasteiger partial charge is 0.212 e. The van der Waals surface area contributed by atoms with Gasteiger partial charge in [-0.2, -0.15) is 0 Å². The molecule has 1 aromatic heterocycles. The van der Waals surface area contributed by atoms with Crippen molar-refractivity contribution < 1.29 is 9.53 Å². The van der Waals surface area contributed by atoms with Gasteiger partial charge in [0.1, 0.15) is 0 Å². The zero-order valence-electron chi connectivity index (χ0n) is 9.81. The number of nitrogens with zero attached hydrogens (tertiary/aromatic N) is 1. The number of ketones is 1. The summed E-state index contributed by atoms with van der Waals surface area (Å²) in [6.45, 7) is 1.56. The van der Waals surface area contributed by atoms with Crippen LogP contribution in [0.3, 0.4) is 0 Å². The SMILES string of the molecule is COc1ccc(-c2cccc(C(C)=O)c2)cn1. The molecule has 0 aliphatic heterocycles. The maximum absolute atomic E-state index is 11.3. The molecule has 2 rings (SSSR count). The molecule has 1 aromatic carbocycles. The van der Waals surface area contributed by atoms with Crippen molar-refractivity contribution >= 4 is 5.78 Å². The number of hydrogen-bond acceptors (Lipinski definition) is 3. The summed E-state index contributed by atoms with van der Waals surface area (Å²) in [5, 5.41) is 0. The number of aromatic nitrogens is 1. The summed E-state index contributed by atoms with van der Waals surface area (Å²) in [5.41, 5.74) is 2.65. The second kappa shape index (κ2) is 4.78. The van der Waals surface area contributed by atoms with Crippen LogP contribution in [0.25, 0.3) is 11.1 Å². The standard InChI is InChI=1S/C14H13NO2/c1-10(16)11-4-3-5-12(8-11)13-6-7-14(17-2)15-9-13/h3-9H,1-2H3. The van der Waals surface area contributed by atoms with E-state index in [2.05, 4.69) is 4.98 Å². The van der Waals surface area contributed by atoms with Gasteiger partial charge in [-0.15, -0.1) is 0 Å². The maximum atomic E-state index is 11.3. The van der Waals surface area contributed by atoms with Crippen LogP contribution in [0, 0.1) is 0 Å². The first-order valence-corrected chi connectivity index (χ1v) is 5.32. The molecule has 0 spiro atoms. The molecule has 0 aliphatic carbocycles. The number of rotatable bonds is 3. The zero-order chi connectivity index (χ0) is 12.3. The van der Waals surface area contributed by atoms with Crippen molar-refractivity contribution in [2.75, 3.05) is 7.11 Å². The van der Waals surface area contributed by atoms with E-state index in [9.17, 15) is 4.79 Å². The highest BCUT2D eigenvalue weighted by Crippen LogP contribution is 2.21. The lowest BCUT2D eigenvalue weighted by atomic mass is 10.0. The van der Waals surface area contributed by atoms with Gasteiger partial charge in [-0.25, -0.2) is 4.98 Å². The van der Waals surface area contributed by atoms with Crippen LogP contribution in [0.1, 0.15) is 17.3 Å². The second-order valence-electron chi connectivity index (χ2n) is 3.73. The third-order valence-corrected chi connectivity index (χ3v) is 2.55. The number of carbonyl (C=O) groups excluding carboxylic acids is 1. The van der Waals surface area contributed by atoms with E-state index in [1.807, 2.05) is 30.3 Å². The van der Waals surface area contributed by atoms with Gasteiger partial charge in [0.2, 0.25) is 5.88 Å². The van der Waals surface area contributed by atoms with Crippen molar-refractivity contribution in [1.82, 2.24) is 4.98 Å². The maximum Gasteiger partial charge on any atom is 0.212 e. The minimum absolute atomic E-state index is 0.0633. The number of carbonyl (C=O) groups is 1. The summed E-state index contributed by atoms with van der Waals surface area (Å²) < 4.78 is 5.00. The number of benzene rings is 1. The minimum atomic E-state index is 0.0633. The fourth-order valence-electron chi connectivity index (χ4n) is 1.59. The number of methoxy groups -OCH3 is 1. The molecule has 2 aromatic rings. The normalized spacial score (nSPS) is 10.0. The first-order chi connectivity index (χ1) is 8.20. The van der Waals surface area contributed by atoms with Crippen LogP contribution in [-0.4, -0.2) is 17.9 Å². The molecule has 0 fully saturated rings. The lowest BCUT2D eigenvalue weighted by Crippen LogP contribution is -1.92. The average Bonchev–Trinajstić information content (AvgIpc) is 2.39. The van der Waals surface area contributed by atoms with Crippen molar-refractivity contribution in [3.63, 3.8) is 0 Å². The predicted molar refractivity (Wildman–Crippen MR) is 66.2 cm³/mol. The summed E-state index contributed by atoms with van der Waals surface area (Å²) in [6, 6.07) is 11.2. The van der Waals surface area contributed by atoms with E-state index in [-0.39, 0.29) is 5.78 Å². The van der Waals surface area contributed by atoms with E-state index in [4.69, 9.17) is 4.74 Å². The quantitative estimate of drug-likeness (QED) is 0.757. The van der Waals surface area contributed by atoms with Gasteiger partial charge >= 0.3 is 0 Å². The summed E-state index contributed by atoms with van der Waals surface area (Å²) >= 11 is 0. The Bertz CT molecular complexity index is 532. The van der Waals surface area contributed by atoms with Crippen molar-refractivity contribution in [3.8, 4) is 17.0 Å². The first kappa shape index (κ1) is 11.3. The Balaban J connectivity index is 2.38. The van der Waals surface area contributed by atoms with E-state index in [0.29, 0.717) is 11.4 Å². The highest BCUT2D eigenvalue weighted by atomic mass is 16.5. The molecule has 0 atom stereocenters. The Morgan fingerprint density at radius 3 is 2.59 bits per heavy atom. The van der Waals surface area contributed by atoms with Crippen LogP contribution in [0.4, 0.5) is 0 Å². The molecule has 0 bridgehead atoms. The monoisotopic (exact) mass is 227 g/mol. The van der Waals surface area contributed by atoms with Crippen LogP contribution < -0.4 is 4.74 Å². The Kier molecular flexibility index (Phi) is 3.19. The van der Waals surface area contributed by atoms with Crippen LogP contribution in [-0.2, 0) is 0 Å². The Morgan fingerprint density at radius 2 is 2.00 bits per heavy atom. The van der Waals surface area contributed by atoms with E-state index < -0.39 is 0 Å². The molecule has 0 amide bonds. The fourth-order valence-corrected chi connectivity index (χ4v) is 1.59. The van der Waals surface area contributed by atoms with Gasteiger partial charge in [0, 0.05) is 23.4 Å². The topological polar surface area (TPSA) is 39.2 Å². The summed E-state index contributed by atoms with van der Waals surface area (Å²) in [5.74, 6) is 0.643. The molecule has 3 nitrogen and oxygen atoms in total. The lowest BCUT2D eigenvalue weighted by Gasteiger charge is -2.04. The average molecular weight is 227 g/mol. The Labute approximate surface area is 100 Å². The molecule has 1 heterocycles. The van der Waals surface area contributed by atoms with Crippen molar-refractivity contribution in [3.05, 3.63) is 48.2 Å². The Morgan fingerprint density at radius 1 is 1.18 bits per heavy atom. The lowest BCUT2D eigenvalue weighted by molar-refractivity contribution is 0.101. The van der Waals surface area contributed by atoms with Crippen LogP contribution in [0.15, 0.2) is 42.6 Å². The molecule has 86 valence electrons. The van der Waals surface area contributed by atoms with E-state index in [1.165, 1.54) is 0 Å². The number of Topliss-reactive ketones (excluding diaryl/α,β-unsaturated/α-hetero) is 1. The van der Waals surface area contributed by atoms with Gasteiger partial charge in [0.15, 0.2) is 5.78 Å². The summed E-state index contributed by atoms with van der Waals surface area (Å²) in [6.07, 6.45) is 1.73. The molecule has 3 heteroatoms. The number of pyridine rings is 1. The zero-order valence-corrected chi connectivity index (χ0v) is 9.81. The third-order valence-electron chi connectivity index (χ3n) is 2.55. The molecule has 0 unspecified atom stereocenters. The molecular formula is C14H13NO2. The fraction of sp³-hybridized carbons (Fsp3) is 0.143. The highest BCUT2D eigenvalue weighted by Gasteiger charge is 2.03. The molecule has 0 saturated heterocycles. The van der Waals surface area contributed by atoms with Gasteiger partial charge in [-0.3, -0.25) is 4.79 Å². The molecular weight excluding hydrogens is 214 g/mol. The molecule has 0 saturated carbocycles. The minimum Gasteiger partial charge on any atom is -0.481 e. The van der Waals surface area contributed by atoms with E-state index in [1.54, 1.807) is 26.3 Å². The van der Waals surface area contributed by atoms with Crippen molar-refractivity contribution in [2.24, 2.45) is 0 Å². The number of ether oxygens (including phenoxy) is 1. The predicted octanol–water partition coefficient (Wildman–Crippen LogP) is 2.96. The Hall–Kier alpha value is -2.16. The molecule has 0 N–H and O–H groups in total. The molecule has 0 radical (unpaired) electrons. The van der Waals surface area contributed by atoms with Crippen molar-refractivity contribution in [2.45, 2.75) is 6.92 Å².